The lowest BCUT2D eigenvalue weighted by Gasteiger charge is -2.15. The number of halogens is 2. The Morgan fingerprint density at radius 2 is 0.739 bits per heavy atom. The van der Waals surface area contributed by atoms with Crippen molar-refractivity contribution in [3.8, 4) is 33.9 Å². The van der Waals surface area contributed by atoms with Crippen LogP contribution in [0.5, 0.6) is 0 Å². The smallest absolute Gasteiger partial charge is 0.343 e. The molecule has 0 N–H and O–H groups in total. The highest BCUT2D eigenvalue weighted by Crippen LogP contribution is 2.38. The number of rotatable bonds is 8. The van der Waals surface area contributed by atoms with Gasteiger partial charge in [-0.2, -0.15) is 8.78 Å². The largest absolute Gasteiger partial charge is 0.465 e. The van der Waals surface area contributed by atoms with E-state index >= 15 is 8.78 Å². The summed E-state index contributed by atoms with van der Waals surface area (Å²) in [6, 6.07) is 22.3. The number of ether oxygens (including phenoxy) is 4. The van der Waals surface area contributed by atoms with Crippen molar-refractivity contribution in [3.63, 3.8) is 0 Å². The van der Waals surface area contributed by atoms with Crippen LogP contribution in [0.2, 0.25) is 0 Å². The lowest BCUT2D eigenvalue weighted by molar-refractivity contribution is 0.0553. The number of carbonyl (C=O) groups is 4. The van der Waals surface area contributed by atoms with E-state index in [1.54, 1.807) is 60.7 Å². The molecule has 5 rings (SSSR count). The molecule has 0 amide bonds. The maximum atomic E-state index is 16.2. The van der Waals surface area contributed by atoms with Gasteiger partial charge in [0.05, 0.1) is 39.8 Å². The molecular formula is C34H26F2N2O8. The fourth-order valence-electron chi connectivity index (χ4n) is 5.24. The van der Waals surface area contributed by atoms with Crippen molar-refractivity contribution in [2.45, 2.75) is 0 Å². The molecule has 2 aromatic heterocycles. The fraction of sp³-hybridized carbons (Fsp3) is 0.118. The molecule has 0 radical (unpaired) electrons. The Morgan fingerprint density at radius 1 is 0.457 bits per heavy atom. The third kappa shape index (κ3) is 5.19. The minimum atomic E-state index is -1.10. The molecule has 46 heavy (non-hydrogen) atoms. The van der Waals surface area contributed by atoms with Crippen molar-refractivity contribution >= 4 is 23.9 Å². The molecule has 0 aliphatic rings. The first-order chi connectivity index (χ1) is 22.2. The Bertz CT molecular complexity index is 1820. The van der Waals surface area contributed by atoms with Gasteiger partial charge in [-0.25, -0.2) is 19.2 Å². The molecule has 0 bridgehead atoms. The molecule has 0 fully saturated rings. The fourth-order valence-corrected chi connectivity index (χ4v) is 5.24. The third-order valence-electron chi connectivity index (χ3n) is 7.24. The Balaban J connectivity index is 1.79. The molecule has 234 valence electrons. The Labute approximate surface area is 261 Å². The molecule has 0 atom stereocenters. The second kappa shape index (κ2) is 12.9. The van der Waals surface area contributed by atoms with Crippen LogP contribution in [0.1, 0.15) is 41.4 Å². The number of esters is 4. The zero-order valence-corrected chi connectivity index (χ0v) is 25.0. The van der Waals surface area contributed by atoms with Crippen molar-refractivity contribution < 1.29 is 46.9 Å². The van der Waals surface area contributed by atoms with E-state index < -0.39 is 46.9 Å². The van der Waals surface area contributed by atoms with E-state index in [0.29, 0.717) is 11.1 Å². The van der Waals surface area contributed by atoms with Crippen LogP contribution in [0.15, 0.2) is 84.9 Å². The monoisotopic (exact) mass is 628 g/mol. The van der Waals surface area contributed by atoms with E-state index in [2.05, 4.69) is 0 Å². The second-order valence-corrected chi connectivity index (χ2v) is 9.66. The van der Waals surface area contributed by atoms with Gasteiger partial charge in [0.15, 0.2) is 0 Å². The first kappa shape index (κ1) is 31.4. The van der Waals surface area contributed by atoms with Gasteiger partial charge in [-0.15, -0.1) is 0 Å². The standard InChI is InChI=1S/C34H26F2N2O8/c1-43-31(39)23-25(33(41)45-3)29(35)37(27(23)19-11-7-5-8-12-19)21-15-17-22(18-16-21)38-28(20-13-9-6-10-14-20)24(32(40)44-2)26(30(38)36)34(42)46-4/h5-18H,1-4H3. The van der Waals surface area contributed by atoms with E-state index in [1.165, 1.54) is 24.3 Å². The summed E-state index contributed by atoms with van der Waals surface area (Å²) in [5.41, 5.74) is -0.913. The molecular weight excluding hydrogens is 602 g/mol. The SMILES string of the molecule is COC(=O)c1c(C(=O)OC)c(-c2ccccc2)n(-c2ccc(-n3c(F)c(C(=O)OC)c(C(=O)OC)c3-c3ccccc3)cc2)c1F. The van der Waals surface area contributed by atoms with E-state index in [0.717, 1.165) is 37.6 Å². The van der Waals surface area contributed by atoms with Gasteiger partial charge in [-0.1, -0.05) is 60.7 Å². The van der Waals surface area contributed by atoms with E-state index in [9.17, 15) is 19.2 Å². The summed E-state index contributed by atoms with van der Waals surface area (Å²) in [5, 5.41) is 0. The summed E-state index contributed by atoms with van der Waals surface area (Å²) in [5.74, 6) is -6.34. The normalized spacial score (nSPS) is 10.7. The van der Waals surface area contributed by atoms with Gasteiger partial charge in [-0.3, -0.25) is 9.13 Å². The molecule has 0 unspecified atom stereocenters. The van der Waals surface area contributed by atoms with Crippen LogP contribution < -0.4 is 0 Å². The summed E-state index contributed by atoms with van der Waals surface area (Å²) in [7, 11) is 4.31. The summed E-state index contributed by atoms with van der Waals surface area (Å²) < 4.78 is 53.9. The first-order valence-electron chi connectivity index (χ1n) is 13.6. The van der Waals surface area contributed by atoms with Crippen molar-refractivity contribution in [1.82, 2.24) is 9.13 Å². The predicted octanol–water partition coefficient (Wildman–Crippen LogP) is 6.03. The molecule has 0 spiro atoms. The first-order valence-corrected chi connectivity index (χ1v) is 13.6. The van der Waals surface area contributed by atoms with Crippen LogP contribution in [-0.2, 0) is 18.9 Å². The van der Waals surface area contributed by atoms with E-state index in [4.69, 9.17) is 18.9 Å². The Kier molecular flexibility index (Phi) is 8.80. The average Bonchev–Trinajstić information content (AvgIpc) is 3.58. The highest BCUT2D eigenvalue weighted by molar-refractivity contribution is 6.09. The van der Waals surface area contributed by atoms with Gasteiger partial charge in [0, 0.05) is 11.4 Å². The zero-order valence-electron chi connectivity index (χ0n) is 25.0. The number of aromatic nitrogens is 2. The van der Waals surface area contributed by atoms with Crippen LogP contribution in [0.4, 0.5) is 8.78 Å². The van der Waals surface area contributed by atoms with Crippen LogP contribution in [0.25, 0.3) is 33.9 Å². The summed E-state index contributed by atoms with van der Waals surface area (Å²) in [6.07, 6.45) is 0. The second-order valence-electron chi connectivity index (χ2n) is 9.66. The molecule has 2 heterocycles. The zero-order chi connectivity index (χ0) is 33.1. The minimum Gasteiger partial charge on any atom is -0.465 e. The van der Waals surface area contributed by atoms with Crippen molar-refractivity contribution in [2.24, 2.45) is 0 Å². The van der Waals surface area contributed by atoms with Crippen molar-refractivity contribution in [2.75, 3.05) is 28.4 Å². The van der Waals surface area contributed by atoms with Crippen molar-refractivity contribution in [3.05, 3.63) is 119 Å². The molecule has 0 aliphatic heterocycles. The number of carbonyl (C=O) groups excluding carboxylic acids is 4. The summed E-state index contributed by atoms with van der Waals surface area (Å²) >= 11 is 0. The Morgan fingerprint density at radius 3 is 1.02 bits per heavy atom. The number of nitrogens with zero attached hydrogens (tertiary/aromatic N) is 2. The molecule has 10 nitrogen and oxygen atoms in total. The maximum absolute atomic E-state index is 16.2. The third-order valence-corrected chi connectivity index (χ3v) is 7.24. The Hall–Kier alpha value is -6.04. The molecule has 5 aromatic rings. The highest BCUT2D eigenvalue weighted by atomic mass is 19.1. The van der Waals surface area contributed by atoms with Crippen molar-refractivity contribution in [1.29, 1.82) is 0 Å². The molecule has 0 aliphatic carbocycles. The highest BCUT2D eigenvalue weighted by Gasteiger charge is 2.36. The van der Waals surface area contributed by atoms with Gasteiger partial charge in [0.2, 0.25) is 11.9 Å². The topological polar surface area (TPSA) is 115 Å². The summed E-state index contributed by atoms with van der Waals surface area (Å²) in [4.78, 5) is 51.4. The molecule has 0 saturated heterocycles. The van der Waals surface area contributed by atoms with Gasteiger partial charge < -0.3 is 18.9 Å². The number of methoxy groups -OCH3 is 4. The van der Waals surface area contributed by atoms with Gasteiger partial charge in [0.25, 0.3) is 0 Å². The van der Waals surface area contributed by atoms with Gasteiger partial charge in [0.1, 0.15) is 22.3 Å². The van der Waals surface area contributed by atoms with E-state index in [1.807, 2.05) is 0 Å². The molecule has 0 saturated carbocycles. The van der Waals surface area contributed by atoms with Crippen LogP contribution in [0, 0.1) is 11.9 Å². The lowest BCUT2D eigenvalue weighted by Crippen LogP contribution is -2.11. The van der Waals surface area contributed by atoms with Gasteiger partial charge >= 0.3 is 23.9 Å². The lowest BCUT2D eigenvalue weighted by atomic mass is 10.0. The maximum Gasteiger partial charge on any atom is 0.343 e. The number of hydrogen-bond acceptors (Lipinski definition) is 8. The van der Waals surface area contributed by atoms with Crippen LogP contribution >= 0.6 is 0 Å². The predicted molar refractivity (Wildman–Crippen MR) is 161 cm³/mol. The van der Waals surface area contributed by atoms with Crippen LogP contribution in [0.3, 0.4) is 0 Å². The summed E-state index contributed by atoms with van der Waals surface area (Å²) in [6.45, 7) is 0. The van der Waals surface area contributed by atoms with E-state index in [-0.39, 0.29) is 33.9 Å². The average molecular weight is 629 g/mol. The number of benzene rings is 3. The van der Waals surface area contributed by atoms with Gasteiger partial charge in [-0.05, 0) is 35.4 Å². The van der Waals surface area contributed by atoms with Crippen LogP contribution in [-0.4, -0.2) is 61.5 Å². The minimum absolute atomic E-state index is 0.0103. The molecule has 3 aromatic carbocycles. The number of hydrogen-bond donors (Lipinski definition) is 0. The molecule has 12 heteroatoms. The quantitative estimate of drug-likeness (QED) is 0.151.